The predicted molar refractivity (Wildman–Crippen MR) is 97.4 cm³/mol. The number of H-pyrrole nitrogens is 1. The minimum absolute atomic E-state index is 0.196. The van der Waals surface area contributed by atoms with Crippen molar-refractivity contribution < 1.29 is 9.52 Å². The monoisotopic (exact) mass is 403 g/mol. The first kappa shape index (κ1) is 15.5. The van der Waals surface area contributed by atoms with E-state index in [1.807, 2.05) is 18.2 Å². The van der Waals surface area contributed by atoms with Crippen LogP contribution in [0.5, 0.6) is 0 Å². The number of rotatable bonds is 2. The van der Waals surface area contributed by atoms with Gasteiger partial charge in [-0.3, -0.25) is 9.69 Å². The molecule has 130 valence electrons. The third-order valence-corrected chi connectivity index (χ3v) is 6.02. The first-order valence-electron chi connectivity index (χ1n) is 8.63. The van der Waals surface area contributed by atoms with E-state index < -0.39 is 0 Å². The molecule has 2 aliphatic heterocycles. The summed E-state index contributed by atoms with van der Waals surface area (Å²) < 4.78 is 6.60. The number of aromatic nitrogens is 2. The average molecular weight is 404 g/mol. The number of furan rings is 1. The quantitative estimate of drug-likeness (QED) is 0.687. The van der Waals surface area contributed by atoms with Crippen LogP contribution in [0.25, 0.3) is 22.1 Å². The highest BCUT2D eigenvalue weighted by molar-refractivity contribution is 9.10. The second-order valence-electron chi connectivity index (χ2n) is 7.12. The maximum absolute atomic E-state index is 12.5. The summed E-state index contributed by atoms with van der Waals surface area (Å²) in [6, 6.07) is 6.41. The Hall–Kier alpha value is -1.70. The number of aromatic amines is 1. The average Bonchev–Trinajstić information content (AvgIpc) is 3.03. The van der Waals surface area contributed by atoms with E-state index in [0.29, 0.717) is 35.6 Å². The molecule has 0 saturated carbocycles. The number of aliphatic hydroxyl groups excluding tert-OH is 1. The van der Waals surface area contributed by atoms with Crippen molar-refractivity contribution in [2.45, 2.75) is 50.4 Å². The zero-order valence-electron chi connectivity index (χ0n) is 13.5. The second kappa shape index (κ2) is 5.65. The SMILES string of the molecule is O=c1[nH]c(CN2C3CCC2CC(O)C3)nc2c1oc1ccc(Br)cc12. The molecule has 0 aliphatic carbocycles. The fourth-order valence-electron chi connectivity index (χ4n) is 4.42. The molecule has 5 rings (SSSR count). The van der Waals surface area contributed by atoms with Crippen molar-refractivity contribution in [3.63, 3.8) is 0 Å². The van der Waals surface area contributed by atoms with Gasteiger partial charge in [0, 0.05) is 21.9 Å². The molecule has 2 unspecified atom stereocenters. The molecule has 2 aromatic heterocycles. The van der Waals surface area contributed by atoms with Crippen LogP contribution < -0.4 is 5.56 Å². The van der Waals surface area contributed by atoms with Gasteiger partial charge in [-0.2, -0.15) is 0 Å². The van der Waals surface area contributed by atoms with Crippen molar-refractivity contribution in [1.29, 1.82) is 0 Å². The molecule has 0 spiro atoms. The highest BCUT2D eigenvalue weighted by Crippen LogP contribution is 2.36. The summed E-state index contributed by atoms with van der Waals surface area (Å²) in [5.74, 6) is 0.661. The summed E-state index contributed by atoms with van der Waals surface area (Å²) >= 11 is 3.46. The molecule has 0 amide bonds. The van der Waals surface area contributed by atoms with Gasteiger partial charge in [-0.25, -0.2) is 4.98 Å². The Balaban J connectivity index is 1.57. The predicted octanol–water partition coefficient (Wildman–Crippen LogP) is 2.92. The molecule has 2 atom stereocenters. The van der Waals surface area contributed by atoms with E-state index in [0.717, 1.165) is 35.5 Å². The molecule has 2 aliphatic rings. The number of aliphatic hydroxyl groups is 1. The van der Waals surface area contributed by atoms with E-state index in [4.69, 9.17) is 9.40 Å². The molecule has 1 aromatic carbocycles. The van der Waals surface area contributed by atoms with Crippen molar-refractivity contribution >= 4 is 38.0 Å². The van der Waals surface area contributed by atoms with Crippen LogP contribution in [0.2, 0.25) is 0 Å². The van der Waals surface area contributed by atoms with Crippen LogP contribution in [-0.2, 0) is 6.54 Å². The van der Waals surface area contributed by atoms with Gasteiger partial charge in [-0.05, 0) is 43.9 Å². The Bertz CT molecular complexity index is 1010. The topological polar surface area (TPSA) is 82.4 Å². The Kier molecular flexibility index (Phi) is 3.52. The van der Waals surface area contributed by atoms with Crippen molar-refractivity contribution in [2.75, 3.05) is 0 Å². The minimum Gasteiger partial charge on any atom is -0.449 e. The Labute approximate surface area is 152 Å². The Morgan fingerprint density at radius 1 is 1.32 bits per heavy atom. The van der Waals surface area contributed by atoms with E-state index >= 15 is 0 Å². The number of halogens is 1. The Morgan fingerprint density at radius 2 is 2.08 bits per heavy atom. The highest BCUT2D eigenvalue weighted by atomic mass is 79.9. The van der Waals surface area contributed by atoms with Crippen molar-refractivity contribution in [3.8, 4) is 0 Å². The molecule has 7 heteroatoms. The number of piperidine rings is 1. The lowest BCUT2D eigenvalue weighted by atomic mass is 10.00. The second-order valence-corrected chi connectivity index (χ2v) is 8.03. The maximum Gasteiger partial charge on any atom is 0.294 e. The third-order valence-electron chi connectivity index (χ3n) is 5.53. The van der Waals surface area contributed by atoms with Crippen molar-refractivity contribution in [1.82, 2.24) is 14.9 Å². The summed E-state index contributed by atoms with van der Waals surface area (Å²) in [6.45, 7) is 0.605. The summed E-state index contributed by atoms with van der Waals surface area (Å²) in [6.07, 6.45) is 3.64. The number of fused-ring (bicyclic) bond motifs is 5. The molecule has 2 fully saturated rings. The highest BCUT2D eigenvalue weighted by Gasteiger charge is 2.40. The standard InChI is InChI=1S/C18H18BrN3O3/c19-9-1-4-14-13(5-9)16-17(25-14)18(24)21-15(20-16)8-22-10-2-3-11(22)7-12(23)6-10/h1,4-5,10-12,23H,2-3,6-8H2,(H,20,21,24). The summed E-state index contributed by atoms with van der Waals surface area (Å²) in [7, 11) is 0. The largest absolute Gasteiger partial charge is 0.449 e. The van der Waals surface area contributed by atoms with E-state index in [1.54, 1.807) is 0 Å². The zero-order valence-corrected chi connectivity index (χ0v) is 15.1. The summed E-state index contributed by atoms with van der Waals surface area (Å²) in [5, 5.41) is 10.8. The molecular formula is C18H18BrN3O3. The van der Waals surface area contributed by atoms with Crippen LogP contribution in [0.4, 0.5) is 0 Å². The van der Waals surface area contributed by atoms with Gasteiger partial charge in [0.05, 0.1) is 12.6 Å². The number of hydrogen-bond donors (Lipinski definition) is 2. The zero-order chi connectivity index (χ0) is 17.1. The van der Waals surface area contributed by atoms with E-state index in [2.05, 4.69) is 25.8 Å². The van der Waals surface area contributed by atoms with Crippen LogP contribution in [0.15, 0.2) is 31.9 Å². The molecule has 2 N–H and O–H groups in total. The first-order valence-corrected chi connectivity index (χ1v) is 9.42. The number of nitrogens with one attached hydrogen (secondary N) is 1. The number of hydrogen-bond acceptors (Lipinski definition) is 5. The van der Waals surface area contributed by atoms with Crippen LogP contribution in [0.3, 0.4) is 0 Å². The number of nitrogens with zero attached hydrogens (tertiary/aromatic N) is 2. The lowest BCUT2D eigenvalue weighted by Gasteiger charge is -2.36. The van der Waals surface area contributed by atoms with Gasteiger partial charge >= 0.3 is 0 Å². The summed E-state index contributed by atoms with van der Waals surface area (Å²) in [5.41, 5.74) is 1.31. The molecule has 2 saturated heterocycles. The van der Waals surface area contributed by atoms with E-state index in [9.17, 15) is 9.90 Å². The van der Waals surface area contributed by atoms with Crippen LogP contribution in [0.1, 0.15) is 31.5 Å². The molecule has 4 heterocycles. The normalized spacial score (nSPS) is 26.7. The Morgan fingerprint density at radius 3 is 2.84 bits per heavy atom. The minimum atomic E-state index is -0.239. The molecule has 3 aromatic rings. The maximum atomic E-state index is 12.5. The van der Waals surface area contributed by atoms with Gasteiger partial charge in [0.15, 0.2) is 0 Å². The molecule has 25 heavy (non-hydrogen) atoms. The molecule has 2 bridgehead atoms. The van der Waals surface area contributed by atoms with Crippen LogP contribution in [-0.4, -0.2) is 38.2 Å². The summed E-state index contributed by atoms with van der Waals surface area (Å²) in [4.78, 5) is 22.4. The van der Waals surface area contributed by atoms with Crippen molar-refractivity contribution in [2.24, 2.45) is 0 Å². The van der Waals surface area contributed by atoms with Gasteiger partial charge in [-0.1, -0.05) is 15.9 Å². The fourth-order valence-corrected chi connectivity index (χ4v) is 4.78. The first-order chi connectivity index (χ1) is 12.1. The van der Waals surface area contributed by atoms with Crippen LogP contribution >= 0.6 is 15.9 Å². The molecule has 0 radical (unpaired) electrons. The van der Waals surface area contributed by atoms with Gasteiger partial charge < -0.3 is 14.5 Å². The molecular weight excluding hydrogens is 386 g/mol. The van der Waals surface area contributed by atoms with Gasteiger partial charge in [-0.15, -0.1) is 0 Å². The van der Waals surface area contributed by atoms with Gasteiger partial charge in [0.1, 0.15) is 16.9 Å². The molecule has 6 nitrogen and oxygen atoms in total. The smallest absolute Gasteiger partial charge is 0.294 e. The third kappa shape index (κ3) is 2.53. The van der Waals surface area contributed by atoms with Crippen molar-refractivity contribution in [3.05, 3.63) is 38.9 Å². The van der Waals surface area contributed by atoms with E-state index in [1.165, 1.54) is 0 Å². The number of benzene rings is 1. The lowest BCUT2D eigenvalue weighted by Crippen LogP contribution is -2.44. The lowest BCUT2D eigenvalue weighted by molar-refractivity contribution is 0.0296. The van der Waals surface area contributed by atoms with Gasteiger partial charge in [0.2, 0.25) is 5.58 Å². The van der Waals surface area contributed by atoms with E-state index in [-0.39, 0.29) is 17.2 Å². The fraction of sp³-hybridized carbons (Fsp3) is 0.444. The van der Waals surface area contributed by atoms with Crippen LogP contribution in [0, 0.1) is 0 Å². The van der Waals surface area contributed by atoms with Gasteiger partial charge in [0.25, 0.3) is 5.56 Å².